The van der Waals surface area contributed by atoms with Crippen LogP contribution in [-0.2, 0) is 4.79 Å². The van der Waals surface area contributed by atoms with Crippen LogP contribution in [0.4, 0.5) is 0 Å². The average Bonchev–Trinajstić information content (AvgIpc) is 2.69. The van der Waals surface area contributed by atoms with Crippen molar-refractivity contribution in [2.75, 3.05) is 0 Å². The maximum Gasteiger partial charge on any atom is 0.162 e. The number of carbonyl (C=O) groups is 2. The molecule has 0 radical (unpaired) electrons. The smallest absolute Gasteiger partial charge is 0.162 e. The second-order valence-corrected chi connectivity index (χ2v) is 7.30. The number of nitrogens with one attached hydrogen (secondary N) is 1. The first-order valence-corrected chi connectivity index (χ1v) is 7.15. The van der Waals surface area contributed by atoms with Crippen molar-refractivity contribution in [2.45, 2.75) is 45.2 Å². The number of rotatable bonds is 2. The van der Waals surface area contributed by atoms with Gasteiger partial charge in [-0.15, -0.1) is 11.3 Å². The lowest BCUT2D eigenvalue weighted by molar-refractivity contribution is -0.119. The topological polar surface area (TPSA) is 46.2 Å². The fraction of sp³-hybridized carbons (Fsp3) is 0.467. The molecule has 1 saturated heterocycles. The van der Waals surface area contributed by atoms with E-state index >= 15 is 0 Å². The molecule has 0 aromatic carbocycles. The molecule has 0 unspecified atom stereocenters. The molecular weight excluding hydrogens is 258 g/mol. The molecule has 0 amide bonds. The summed E-state index contributed by atoms with van der Waals surface area (Å²) >= 11 is 1.40. The van der Waals surface area contributed by atoms with Gasteiger partial charge < -0.3 is 5.32 Å². The van der Waals surface area contributed by atoms with Gasteiger partial charge in [0.25, 0.3) is 0 Å². The molecule has 1 fully saturated rings. The number of carbonyl (C=O) groups excluding carboxylic acids is 2. The average molecular weight is 277 g/mol. The fourth-order valence-corrected chi connectivity index (χ4v) is 3.48. The molecule has 0 saturated carbocycles. The molecule has 1 N–H and O–H groups in total. The highest BCUT2D eigenvalue weighted by molar-refractivity contribution is 7.14. The maximum atomic E-state index is 12.3. The summed E-state index contributed by atoms with van der Waals surface area (Å²) in [5, 5.41) is 3.50. The van der Waals surface area contributed by atoms with Crippen LogP contribution in [0.25, 0.3) is 6.08 Å². The fourth-order valence-electron chi connectivity index (χ4n) is 2.72. The molecule has 1 aromatic rings. The van der Waals surface area contributed by atoms with Crippen molar-refractivity contribution >= 4 is 29.5 Å². The molecule has 1 aromatic heterocycles. The lowest BCUT2D eigenvalue weighted by atomic mass is 9.77. The number of Topliss-reactive ketones (excluding diaryl/α,β-unsaturated/α-hetero) is 1. The number of thiophene rings is 1. The number of aldehydes is 1. The molecule has 19 heavy (non-hydrogen) atoms. The van der Waals surface area contributed by atoms with Crippen LogP contribution in [0.15, 0.2) is 17.7 Å². The Labute approximate surface area is 117 Å². The van der Waals surface area contributed by atoms with Gasteiger partial charge >= 0.3 is 0 Å². The van der Waals surface area contributed by atoms with Gasteiger partial charge in [0.05, 0.1) is 4.88 Å². The predicted molar refractivity (Wildman–Crippen MR) is 78.6 cm³/mol. The molecule has 102 valence electrons. The Hall–Kier alpha value is -1.26. The van der Waals surface area contributed by atoms with Gasteiger partial charge in [-0.05, 0) is 45.9 Å². The maximum absolute atomic E-state index is 12.3. The predicted octanol–water partition coefficient (Wildman–Crippen LogP) is 3.06. The Morgan fingerprint density at radius 1 is 1.21 bits per heavy atom. The third-order valence-corrected chi connectivity index (χ3v) is 4.24. The molecule has 1 aliphatic heterocycles. The second-order valence-electron chi connectivity index (χ2n) is 6.15. The first kappa shape index (κ1) is 14.2. The summed E-state index contributed by atoms with van der Waals surface area (Å²) in [6.45, 7) is 8.12. The normalized spacial score (nSPS) is 23.6. The van der Waals surface area contributed by atoms with Crippen LogP contribution in [0.5, 0.6) is 0 Å². The summed E-state index contributed by atoms with van der Waals surface area (Å²) in [4.78, 5) is 24.7. The quantitative estimate of drug-likeness (QED) is 0.667. The van der Waals surface area contributed by atoms with Crippen LogP contribution < -0.4 is 5.32 Å². The van der Waals surface area contributed by atoms with Crippen molar-refractivity contribution in [2.24, 2.45) is 0 Å². The van der Waals surface area contributed by atoms with E-state index in [1.54, 1.807) is 6.07 Å². The SMILES string of the molecule is CC1(C)CC(=O)/C(=C\c2ccc(C=O)s2)C(C)(C)N1. The van der Waals surface area contributed by atoms with Crippen LogP contribution in [0, 0.1) is 0 Å². The summed E-state index contributed by atoms with van der Waals surface area (Å²) in [7, 11) is 0. The summed E-state index contributed by atoms with van der Waals surface area (Å²) in [5.74, 6) is 0.176. The molecule has 0 atom stereocenters. The Morgan fingerprint density at radius 2 is 1.84 bits per heavy atom. The van der Waals surface area contributed by atoms with Crippen LogP contribution in [-0.4, -0.2) is 23.1 Å². The zero-order valence-corrected chi connectivity index (χ0v) is 12.6. The van der Waals surface area contributed by atoms with E-state index in [9.17, 15) is 9.59 Å². The van der Waals surface area contributed by atoms with E-state index in [1.165, 1.54) is 11.3 Å². The standard InChI is InChI=1S/C15H19NO2S/c1-14(2)8-13(18)12(15(3,4)16-14)7-10-5-6-11(9-17)19-10/h5-7,9,16H,8H2,1-4H3/b12-7+. The molecule has 1 aliphatic rings. The Balaban J connectivity index is 2.37. The van der Waals surface area contributed by atoms with Crippen molar-refractivity contribution in [3.63, 3.8) is 0 Å². The first-order chi connectivity index (χ1) is 8.73. The van der Waals surface area contributed by atoms with Gasteiger partial charge in [-0.1, -0.05) is 0 Å². The van der Waals surface area contributed by atoms with Gasteiger partial charge in [-0.25, -0.2) is 0 Å². The minimum absolute atomic E-state index is 0.176. The molecular formula is C15H19NO2S. The van der Waals surface area contributed by atoms with Crippen molar-refractivity contribution in [1.82, 2.24) is 5.32 Å². The highest BCUT2D eigenvalue weighted by Crippen LogP contribution is 2.32. The van der Waals surface area contributed by atoms with Crippen molar-refractivity contribution in [3.8, 4) is 0 Å². The molecule has 2 heterocycles. The second kappa shape index (κ2) is 4.69. The first-order valence-electron chi connectivity index (χ1n) is 6.33. The van der Waals surface area contributed by atoms with E-state index < -0.39 is 0 Å². The van der Waals surface area contributed by atoms with Crippen molar-refractivity contribution < 1.29 is 9.59 Å². The van der Waals surface area contributed by atoms with Gasteiger partial charge in [0.2, 0.25) is 0 Å². The molecule has 0 aliphatic carbocycles. The molecule has 3 nitrogen and oxygen atoms in total. The third kappa shape index (κ3) is 3.01. The summed E-state index contributed by atoms with van der Waals surface area (Å²) < 4.78 is 0. The van der Waals surface area contributed by atoms with Crippen LogP contribution in [0.1, 0.15) is 48.7 Å². The van der Waals surface area contributed by atoms with Gasteiger partial charge in [0.1, 0.15) is 0 Å². The van der Waals surface area contributed by atoms with E-state index in [1.807, 2.05) is 39.8 Å². The third-order valence-electron chi connectivity index (χ3n) is 3.28. The summed E-state index contributed by atoms with van der Waals surface area (Å²) in [5.41, 5.74) is 0.247. The van der Waals surface area contributed by atoms with Gasteiger partial charge in [0.15, 0.2) is 12.1 Å². The lowest BCUT2D eigenvalue weighted by Crippen LogP contribution is -2.59. The van der Waals surface area contributed by atoms with E-state index in [2.05, 4.69) is 5.32 Å². The van der Waals surface area contributed by atoms with Crippen LogP contribution in [0.2, 0.25) is 0 Å². The number of hydrogen-bond acceptors (Lipinski definition) is 4. The van der Waals surface area contributed by atoms with E-state index in [4.69, 9.17) is 0 Å². The van der Waals surface area contributed by atoms with Crippen molar-refractivity contribution in [3.05, 3.63) is 27.5 Å². The molecule has 0 spiro atoms. The summed E-state index contributed by atoms with van der Waals surface area (Å²) in [6.07, 6.45) is 3.23. The number of ketones is 1. The monoisotopic (exact) mass is 277 g/mol. The Bertz CT molecular complexity index is 552. The van der Waals surface area contributed by atoms with Crippen LogP contribution >= 0.6 is 11.3 Å². The number of hydrogen-bond donors (Lipinski definition) is 1. The van der Waals surface area contributed by atoms with Crippen molar-refractivity contribution in [1.29, 1.82) is 0 Å². The Morgan fingerprint density at radius 3 is 2.37 bits per heavy atom. The van der Waals surface area contributed by atoms with Gasteiger partial charge in [-0.3, -0.25) is 9.59 Å². The minimum atomic E-state index is -0.357. The highest BCUT2D eigenvalue weighted by atomic mass is 32.1. The van der Waals surface area contributed by atoms with E-state index in [0.29, 0.717) is 11.3 Å². The zero-order chi connectivity index (χ0) is 14.3. The van der Waals surface area contributed by atoms with Gasteiger partial charge in [-0.2, -0.15) is 0 Å². The zero-order valence-electron chi connectivity index (χ0n) is 11.7. The molecule has 0 bridgehead atoms. The lowest BCUT2D eigenvalue weighted by Gasteiger charge is -2.43. The van der Waals surface area contributed by atoms with Crippen LogP contribution in [0.3, 0.4) is 0 Å². The van der Waals surface area contributed by atoms with Gasteiger partial charge in [0, 0.05) is 27.9 Å². The highest BCUT2D eigenvalue weighted by Gasteiger charge is 2.40. The summed E-state index contributed by atoms with van der Waals surface area (Å²) in [6, 6.07) is 3.66. The van der Waals surface area contributed by atoms with E-state index in [-0.39, 0.29) is 16.9 Å². The minimum Gasteiger partial charge on any atom is -0.302 e. The largest absolute Gasteiger partial charge is 0.302 e. The molecule has 4 heteroatoms. The van der Waals surface area contributed by atoms with E-state index in [0.717, 1.165) is 16.7 Å². The Kier molecular flexibility index (Phi) is 3.49. The number of piperidine rings is 1. The molecule has 2 rings (SSSR count).